The summed E-state index contributed by atoms with van der Waals surface area (Å²) in [7, 11) is -3.49. The first-order valence-electron chi connectivity index (χ1n) is 9.71. The zero-order valence-electron chi connectivity index (χ0n) is 17.3. The minimum atomic E-state index is -3.49. The Labute approximate surface area is 190 Å². The van der Waals surface area contributed by atoms with Crippen LogP contribution in [-0.4, -0.2) is 49.4 Å². The largest absolute Gasteiger partial charge is 0.364 e. The molecular formula is C21H21ClFN5O3S. The lowest BCUT2D eigenvalue weighted by molar-refractivity contribution is 0.102. The third-order valence-electron chi connectivity index (χ3n) is 4.91. The molecule has 1 aliphatic heterocycles. The van der Waals surface area contributed by atoms with Crippen molar-refractivity contribution in [1.82, 2.24) is 9.55 Å². The highest BCUT2D eigenvalue weighted by molar-refractivity contribution is 7.92. The summed E-state index contributed by atoms with van der Waals surface area (Å²) in [6.45, 7) is 2.60. The molecule has 0 atom stereocenters. The van der Waals surface area contributed by atoms with Gasteiger partial charge in [0.15, 0.2) is 0 Å². The molecule has 1 aliphatic rings. The number of aryl methyl sites for hydroxylation is 1. The van der Waals surface area contributed by atoms with E-state index >= 15 is 0 Å². The van der Waals surface area contributed by atoms with Gasteiger partial charge in [0.1, 0.15) is 12.0 Å². The standard InChI is InChI=1S/C21H21ClFN5O3S/c1-13-5-14(10-28(13)20-4-3-19(9-24-20)27-11-16(23)12-27)21(29)25-17-6-15(22)7-18(8-17)26-32(2,30)31/h3-10,16,26H,11-12H2,1-2H3,(H,25,29). The van der Waals surface area contributed by atoms with E-state index in [0.717, 1.165) is 17.6 Å². The van der Waals surface area contributed by atoms with Gasteiger partial charge in [-0.3, -0.25) is 9.52 Å². The van der Waals surface area contributed by atoms with Gasteiger partial charge in [-0.15, -0.1) is 0 Å². The predicted molar refractivity (Wildman–Crippen MR) is 123 cm³/mol. The highest BCUT2D eigenvalue weighted by atomic mass is 35.5. The number of nitrogens with zero attached hydrogens (tertiary/aromatic N) is 3. The molecule has 0 bridgehead atoms. The van der Waals surface area contributed by atoms with Crippen LogP contribution in [-0.2, 0) is 10.0 Å². The average molecular weight is 478 g/mol. The number of nitrogens with one attached hydrogen (secondary N) is 2. The van der Waals surface area contributed by atoms with E-state index in [-0.39, 0.29) is 16.6 Å². The Morgan fingerprint density at radius 3 is 2.53 bits per heavy atom. The van der Waals surface area contributed by atoms with E-state index in [9.17, 15) is 17.6 Å². The number of hydrogen-bond acceptors (Lipinski definition) is 5. The van der Waals surface area contributed by atoms with Crippen molar-refractivity contribution in [3.63, 3.8) is 0 Å². The molecule has 2 N–H and O–H groups in total. The lowest BCUT2D eigenvalue weighted by atomic mass is 10.2. The van der Waals surface area contributed by atoms with Crippen LogP contribution in [0, 0.1) is 6.92 Å². The smallest absolute Gasteiger partial charge is 0.257 e. The molecule has 168 valence electrons. The molecule has 0 radical (unpaired) electrons. The molecule has 3 aromatic rings. The zero-order chi connectivity index (χ0) is 23.0. The number of halogens is 2. The molecule has 1 fully saturated rings. The van der Waals surface area contributed by atoms with Gasteiger partial charge < -0.3 is 14.8 Å². The molecule has 8 nitrogen and oxygen atoms in total. The van der Waals surface area contributed by atoms with E-state index in [1.54, 1.807) is 23.0 Å². The number of amides is 1. The zero-order valence-corrected chi connectivity index (χ0v) is 18.9. The fourth-order valence-corrected chi connectivity index (χ4v) is 4.21. The number of pyridine rings is 1. The maximum absolute atomic E-state index is 13.1. The Morgan fingerprint density at radius 2 is 1.91 bits per heavy atom. The van der Waals surface area contributed by atoms with Crippen molar-refractivity contribution < 1.29 is 17.6 Å². The summed E-state index contributed by atoms with van der Waals surface area (Å²) in [6.07, 6.45) is 3.58. The number of rotatable bonds is 6. The number of aromatic nitrogens is 2. The van der Waals surface area contributed by atoms with Crippen LogP contribution in [0.5, 0.6) is 0 Å². The van der Waals surface area contributed by atoms with E-state index < -0.39 is 16.2 Å². The average Bonchev–Trinajstić information content (AvgIpc) is 3.06. The molecule has 0 aliphatic carbocycles. The first-order valence-corrected chi connectivity index (χ1v) is 12.0. The lowest BCUT2D eigenvalue weighted by Crippen LogP contribution is -2.48. The topological polar surface area (TPSA) is 96.3 Å². The van der Waals surface area contributed by atoms with Crippen LogP contribution in [0.15, 0.2) is 48.8 Å². The second-order valence-electron chi connectivity index (χ2n) is 7.67. The van der Waals surface area contributed by atoms with Crippen LogP contribution < -0.4 is 14.9 Å². The maximum Gasteiger partial charge on any atom is 0.257 e. The van der Waals surface area contributed by atoms with E-state index in [4.69, 9.17) is 11.6 Å². The van der Waals surface area contributed by atoms with Gasteiger partial charge in [0.25, 0.3) is 5.91 Å². The summed E-state index contributed by atoms with van der Waals surface area (Å²) in [5.41, 5.74) is 2.64. The number of carbonyl (C=O) groups excluding carboxylic acids is 1. The number of anilines is 3. The highest BCUT2D eigenvalue weighted by Gasteiger charge is 2.26. The summed E-state index contributed by atoms with van der Waals surface area (Å²) in [5.74, 6) is 0.246. The summed E-state index contributed by atoms with van der Waals surface area (Å²) >= 11 is 6.05. The van der Waals surface area contributed by atoms with Gasteiger partial charge in [0, 0.05) is 22.6 Å². The van der Waals surface area contributed by atoms with E-state index in [2.05, 4.69) is 15.0 Å². The minimum absolute atomic E-state index is 0.245. The van der Waals surface area contributed by atoms with Crippen molar-refractivity contribution in [1.29, 1.82) is 0 Å². The molecule has 0 spiro atoms. The van der Waals surface area contributed by atoms with E-state index in [1.807, 2.05) is 24.0 Å². The van der Waals surface area contributed by atoms with Gasteiger partial charge in [-0.2, -0.15) is 0 Å². The predicted octanol–water partition coefficient (Wildman–Crippen LogP) is 3.62. The molecule has 11 heteroatoms. The molecule has 4 rings (SSSR count). The highest BCUT2D eigenvalue weighted by Crippen LogP contribution is 2.25. The Kier molecular flexibility index (Phi) is 5.83. The quantitative estimate of drug-likeness (QED) is 0.565. The van der Waals surface area contributed by atoms with Crippen LogP contribution in [0.1, 0.15) is 16.1 Å². The minimum Gasteiger partial charge on any atom is -0.364 e. The molecule has 3 heterocycles. The van der Waals surface area contributed by atoms with Gasteiger partial charge in [0.05, 0.1) is 42.5 Å². The fraction of sp³-hybridized carbons (Fsp3) is 0.238. The Morgan fingerprint density at radius 1 is 1.19 bits per heavy atom. The summed E-state index contributed by atoms with van der Waals surface area (Å²) in [4.78, 5) is 19.1. The second-order valence-corrected chi connectivity index (χ2v) is 9.86. The Balaban J connectivity index is 1.51. The van der Waals surface area contributed by atoms with Gasteiger partial charge in [-0.25, -0.2) is 17.8 Å². The normalized spacial score (nSPS) is 14.2. The van der Waals surface area contributed by atoms with Crippen molar-refractivity contribution in [2.24, 2.45) is 0 Å². The second kappa shape index (κ2) is 8.44. The van der Waals surface area contributed by atoms with Gasteiger partial charge in [0.2, 0.25) is 10.0 Å². The number of sulfonamides is 1. The van der Waals surface area contributed by atoms with Crippen LogP contribution in [0.4, 0.5) is 21.5 Å². The fourth-order valence-electron chi connectivity index (χ4n) is 3.43. The van der Waals surface area contributed by atoms with E-state index in [0.29, 0.717) is 30.2 Å². The summed E-state index contributed by atoms with van der Waals surface area (Å²) in [5, 5.41) is 3.00. The van der Waals surface area contributed by atoms with Crippen molar-refractivity contribution in [3.05, 3.63) is 65.1 Å². The molecule has 0 saturated carbocycles. The van der Waals surface area contributed by atoms with Crippen LogP contribution in [0.3, 0.4) is 0 Å². The van der Waals surface area contributed by atoms with Crippen molar-refractivity contribution >= 4 is 44.6 Å². The Hall–Kier alpha value is -3.11. The molecular weight excluding hydrogens is 457 g/mol. The van der Waals surface area contributed by atoms with E-state index in [1.165, 1.54) is 18.2 Å². The van der Waals surface area contributed by atoms with Gasteiger partial charge >= 0.3 is 0 Å². The van der Waals surface area contributed by atoms with Crippen molar-refractivity contribution in [3.8, 4) is 5.82 Å². The van der Waals surface area contributed by atoms with Gasteiger partial charge in [-0.05, 0) is 43.3 Å². The molecule has 1 saturated heterocycles. The lowest BCUT2D eigenvalue weighted by Gasteiger charge is -2.36. The molecule has 1 amide bonds. The van der Waals surface area contributed by atoms with Crippen molar-refractivity contribution in [2.75, 3.05) is 34.3 Å². The SMILES string of the molecule is Cc1cc(C(=O)Nc2cc(Cl)cc(NS(C)(=O)=O)c2)cn1-c1ccc(N2CC(F)C2)cn1. The van der Waals surface area contributed by atoms with Crippen LogP contribution in [0.25, 0.3) is 5.82 Å². The number of alkyl halides is 1. The summed E-state index contributed by atoms with van der Waals surface area (Å²) < 4.78 is 40.1. The molecule has 32 heavy (non-hydrogen) atoms. The van der Waals surface area contributed by atoms with Gasteiger partial charge in [-0.1, -0.05) is 11.6 Å². The maximum atomic E-state index is 13.1. The molecule has 0 unspecified atom stereocenters. The number of benzene rings is 1. The third-order valence-corrected chi connectivity index (χ3v) is 5.74. The first kappa shape index (κ1) is 22.1. The monoisotopic (exact) mass is 477 g/mol. The number of carbonyl (C=O) groups is 1. The number of hydrogen-bond donors (Lipinski definition) is 2. The van der Waals surface area contributed by atoms with Crippen molar-refractivity contribution in [2.45, 2.75) is 13.1 Å². The first-order chi connectivity index (χ1) is 15.1. The summed E-state index contributed by atoms with van der Waals surface area (Å²) in [6, 6.07) is 9.85. The Bertz CT molecular complexity index is 1270. The molecule has 1 aromatic carbocycles. The molecule has 2 aromatic heterocycles. The van der Waals surface area contributed by atoms with Crippen LogP contribution >= 0.6 is 11.6 Å². The third kappa shape index (κ3) is 5.03. The van der Waals surface area contributed by atoms with Crippen LogP contribution in [0.2, 0.25) is 5.02 Å².